The number of carbonyl (C=O) groups excluding carboxylic acids is 1. The fourth-order valence-electron chi connectivity index (χ4n) is 1.94. The summed E-state index contributed by atoms with van der Waals surface area (Å²) in [7, 11) is 0. The highest BCUT2D eigenvalue weighted by atomic mass is 16.1. The molecule has 0 aliphatic rings. The zero-order valence-corrected chi connectivity index (χ0v) is 11.6. The summed E-state index contributed by atoms with van der Waals surface area (Å²) in [5.41, 5.74) is 8.07. The summed E-state index contributed by atoms with van der Waals surface area (Å²) in [5, 5.41) is 2.94. The van der Waals surface area contributed by atoms with Gasteiger partial charge in [-0.1, -0.05) is 6.92 Å². The average molecular weight is 270 g/mol. The summed E-state index contributed by atoms with van der Waals surface area (Å²) in [6.45, 7) is 3.90. The van der Waals surface area contributed by atoms with Gasteiger partial charge in [-0.05, 0) is 43.2 Å². The largest absolute Gasteiger partial charge is 0.384 e. The number of carbonyl (C=O) groups is 1. The van der Waals surface area contributed by atoms with E-state index in [9.17, 15) is 4.79 Å². The molecule has 2 aromatic rings. The summed E-state index contributed by atoms with van der Waals surface area (Å²) >= 11 is 0. The predicted molar refractivity (Wildman–Crippen MR) is 78.1 cm³/mol. The minimum absolute atomic E-state index is 0.0926. The van der Waals surface area contributed by atoms with Crippen molar-refractivity contribution in [2.45, 2.75) is 26.3 Å². The summed E-state index contributed by atoms with van der Waals surface area (Å²) in [6, 6.07) is 7.02. The number of nitrogens with two attached hydrogens (primary N) is 1. The van der Waals surface area contributed by atoms with Crippen LogP contribution >= 0.6 is 0 Å². The molecule has 1 atom stereocenters. The zero-order valence-electron chi connectivity index (χ0n) is 11.6. The van der Waals surface area contributed by atoms with Gasteiger partial charge in [0.05, 0.1) is 6.04 Å². The topological polar surface area (TPSA) is 80.9 Å². The van der Waals surface area contributed by atoms with Crippen molar-refractivity contribution in [3.05, 3.63) is 53.5 Å². The second-order valence-corrected chi connectivity index (χ2v) is 4.60. The fourth-order valence-corrected chi connectivity index (χ4v) is 1.94. The van der Waals surface area contributed by atoms with Crippen LogP contribution in [0.25, 0.3) is 0 Å². The highest BCUT2D eigenvalue weighted by Gasteiger charge is 2.12. The third-order valence-corrected chi connectivity index (χ3v) is 3.08. The molecule has 0 saturated carbocycles. The number of hydrogen-bond acceptors (Lipinski definition) is 4. The lowest BCUT2D eigenvalue weighted by Crippen LogP contribution is -2.27. The number of pyridine rings is 2. The number of nitrogens with zero attached hydrogens (tertiary/aromatic N) is 2. The monoisotopic (exact) mass is 270 g/mol. The molecular formula is C15H18N4O. The SMILES string of the molecule is CCc1cc(C(=O)NC(C)c2ccncc2)cc(N)n1. The second-order valence-electron chi connectivity index (χ2n) is 4.60. The molecule has 2 heterocycles. The van der Waals surface area contributed by atoms with Crippen LogP contribution in [0.4, 0.5) is 5.82 Å². The zero-order chi connectivity index (χ0) is 14.5. The molecule has 1 unspecified atom stereocenters. The predicted octanol–water partition coefficient (Wildman–Crippen LogP) is 2.11. The molecular weight excluding hydrogens is 252 g/mol. The van der Waals surface area contributed by atoms with E-state index < -0.39 is 0 Å². The third-order valence-electron chi connectivity index (χ3n) is 3.08. The first-order chi connectivity index (χ1) is 9.60. The molecule has 0 saturated heterocycles. The standard InChI is InChI=1S/C15H18N4O/c1-3-13-8-12(9-14(16)19-13)15(20)18-10(2)11-4-6-17-7-5-11/h4-10H,3H2,1-2H3,(H2,16,19)(H,18,20). The van der Waals surface area contributed by atoms with Crippen molar-refractivity contribution < 1.29 is 4.79 Å². The van der Waals surface area contributed by atoms with E-state index >= 15 is 0 Å². The normalized spacial score (nSPS) is 11.9. The number of rotatable bonds is 4. The Morgan fingerprint density at radius 1 is 1.35 bits per heavy atom. The maximum absolute atomic E-state index is 12.2. The Morgan fingerprint density at radius 2 is 2.05 bits per heavy atom. The Kier molecular flexibility index (Phi) is 4.30. The lowest BCUT2D eigenvalue weighted by atomic mass is 10.1. The average Bonchev–Trinajstić information content (AvgIpc) is 2.47. The van der Waals surface area contributed by atoms with Crippen molar-refractivity contribution in [1.29, 1.82) is 0 Å². The molecule has 3 N–H and O–H groups in total. The first-order valence-corrected chi connectivity index (χ1v) is 6.57. The summed E-state index contributed by atoms with van der Waals surface area (Å²) in [6.07, 6.45) is 4.15. The maximum atomic E-state index is 12.2. The van der Waals surface area contributed by atoms with Gasteiger partial charge in [-0.25, -0.2) is 4.98 Å². The van der Waals surface area contributed by atoms with Crippen LogP contribution in [0.2, 0.25) is 0 Å². The van der Waals surface area contributed by atoms with Crippen molar-refractivity contribution in [2.75, 3.05) is 5.73 Å². The molecule has 20 heavy (non-hydrogen) atoms. The highest BCUT2D eigenvalue weighted by Crippen LogP contribution is 2.13. The van der Waals surface area contributed by atoms with Crippen molar-refractivity contribution in [1.82, 2.24) is 15.3 Å². The minimum Gasteiger partial charge on any atom is -0.384 e. The van der Waals surface area contributed by atoms with Crippen LogP contribution in [0.15, 0.2) is 36.7 Å². The fraction of sp³-hybridized carbons (Fsp3) is 0.267. The first kappa shape index (κ1) is 14.0. The second kappa shape index (κ2) is 6.14. The molecule has 0 spiro atoms. The molecule has 0 radical (unpaired) electrons. The number of aryl methyl sites for hydroxylation is 1. The molecule has 2 rings (SSSR count). The van der Waals surface area contributed by atoms with Crippen molar-refractivity contribution >= 4 is 11.7 Å². The lowest BCUT2D eigenvalue weighted by Gasteiger charge is -2.14. The van der Waals surface area contributed by atoms with E-state index in [0.717, 1.165) is 17.7 Å². The number of anilines is 1. The van der Waals surface area contributed by atoms with Gasteiger partial charge in [0, 0.05) is 23.7 Å². The van der Waals surface area contributed by atoms with E-state index in [0.29, 0.717) is 11.4 Å². The van der Waals surface area contributed by atoms with E-state index in [1.807, 2.05) is 26.0 Å². The molecule has 2 aromatic heterocycles. The quantitative estimate of drug-likeness (QED) is 0.891. The molecule has 5 nitrogen and oxygen atoms in total. The van der Waals surface area contributed by atoms with E-state index in [1.165, 1.54) is 0 Å². The van der Waals surface area contributed by atoms with Gasteiger partial charge in [-0.3, -0.25) is 9.78 Å². The van der Waals surface area contributed by atoms with Gasteiger partial charge in [-0.15, -0.1) is 0 Å². The van der Waals surface area contributed by atoms with Gasteiger partial charge in [0.2, 0.25) is 0 Å². The van der Waals surface area contributed by atoms with Crippen LogP contribution in [0.1, 0.15) is 41.5 Å². The lowest BCUT2D eigenvalue weighted by molar-refractivity contribution is 0.0939. The third kappa shape index (κ3) is 3.32. The van der Waals surface area contributed by atoms with Gasteiger partial charge in [0.15, 0.2) is 0 Å². The number of nitrogen functional groups attached to an aromatic ring is 1. The molecule has 5 heteroatoms. The molecule has 0 aliphatic heterocycles. The number of aromatic nitrogens is 2. The molecule has 0 fully saturated rings. The van der Waals surface area contributed by atoms with Crippen LogP contribution in [0.5, 0.6) is 0 Å². The number of amides is 1. The van der Waals surface area contributed by atoms with E-state index in [1.54, 1.807) is 24.5 Å². The highest BCUT2D eigenvalue weighted by molar-refractivity contribution is 5.95. The number of hydrogen-bond donors (Lipinski definition) is 2. The molecule has 0 bridgehead atoms. The molecule has 0 aliphatic carbocycles. The number of nitrogens with one attached hydrogen (secondary N) is 1. The Hall–Kier alpha value is -2.43. The van der Waals surface area contributed by atoms with Gasteiger partial charge in [0.1, 0.15) is 5.82 Å². The van der Waals surface area contributed by atoms with Crippen molar-refractivity contribution in [3.63, 3.8) is 0 Å². The molecule has 1 amide bonds. The summed E-state index contributed by atoms with van der Waals surface area (Å²) < 4.78 is 0. The van der Waals surface area contributed by atoms with Gasteiger partial charge in [0.25, 0.3) is 5.91 Å². The van der Waals surface area contributed by atoms with E-state index in [4.69, 9.17) is 5.73 Å². The maximum Gasteiger partial charge on any atom is 0.251 e. The van der Waals surface area contributed by atoms with E-state index in [-0.39, 0.29) is 11.9 Å². The Labute approximate surface area is 118 Å². The Bertz CT molecular complexity index is 598. The molecule has 104 valence electrons. The van der Waals surface area contributed by atoms with Gasteiger partial charge < -0.3 is 11.1 Å². The van der Waals surface area contributed by atoms with Crippen LogP contribution < -0.4 is 11.1 Å². The van der Waals surface area contributed by atoms with Crippen molar-refractivity contribution in [3.8, 4) is 0 Å². The smallest absolute Gasteiger partial charge is 0.251 e. The summed E-state index contributed by atoms with van der Waals surface area (Å²) in [5.74, 6) is 0.212. The van der Waals surface area contributed by atoms with Crippen LogP contribution in [-0.4, -0.2) is 15.9 Å². The Balaban J connectivity index is 2.14. The first-order valence-electron chi connectivity index (χ1n) is 6.57. The van der Waals surface area contributed by atoms with E-state index in [2.05, 4.69) is 15.3 Å². The Morgan fingerprint density at radius 3 is 2.70 bits per heavy atom. The molecule has 0 aromatic carbocycles. The van der Waals surface area contributed by atoms with Crippen molar-refractivity contribution in [2.24, 2.45) is 0 Å². The van der Waals surface area contributed by atoms with Gasteiger partial charge in [-0.2, -0.15) is 0 Å². The minimum atomic E-state index is -0.155. The van der Waals surface area contributed by atoms with Gasteiger partial charge >= 0.3 is 0 Å². The van der Waals surface area contributed by atoms with Crippen LogP contribution in [0, 0.1) is 0 Å². The van der Waals surface area contributed by atoms with Crippen LogP contribution in [0.3, 0.4) is 0 Å². The van der Waals surface area contributed by atoms with Crippen LogP contribution in [-0.2, 0) is 6.42 Å². The summed E-state index contributed by atoms with van der Waals surface area (Å²) in [4.78, 5) is 20.4.